The number of phenolic OH excluding ortho intramolecular Hbond substituents is 1. The van der Waals surface area contributed by atoms with Crippen molar-refractivity contribution in [3.63, 3.8) is 0 Å². The van der Waals surface area contributed by atoms with Gasteiger partial charge in [0.1, 0.15) is 28.8 Å². The molecule has 2 amide bonds. The number of imide groups is 1. The van der Waals surface area contributed by atoms with Crippen LogP contribution in [0.4, 0.5) is 4.79 Å². The number of nitrogens with zero attached hydrogens (tertiary/aromatic N) is 1. The summed E-state index contributed by atoms with van der Waals surface area (Å²) in [6.07, 6.45) is 0.145. The van der Waals surface area contributed by atoms with E-state index in [9.17, 15) is 14.7 Å². The molecule has 1 saturated heterocycles. The molecular weight excluding hydrogens is 502 g/mol. The number of aromatic nitrogens is 2. The van der Waals surface area contributed by atoms with Gasteiger partial charge < -0.3 is 19.6 Å². The van der Waals surface area contributed by atoms with Gasteiger partial charge in [-0.2, -0.15) is 0 Å². The number of fused-ring (bicyclic) bond motifs is 1. The van der Waals surface area contributed by atoms with Gasteiger partial charge in [-0.1, -0.05) is 44.7 Å². The predicted octanol–water partition coefficient (Wildman–Crippen LogP) is 6.39. The molecule has 3 N–H and O–H groups in total. The highest BCUT2D eigenvalue weighted by atomic mass is 32.2. The molecule has 4 aromatic rings. The number of rotatable bonds is 7. The van der Waals surface area contributed by atoms with Crippen LogP contribution in [0.25, 0.3) is 11.0 Å². The van der Waals surface area contributed by atoms with E-state index in [1.807, 2.05) is 76.2 Å². The Hall–Kier alpha value is -3.98. The van der Waals surface area contributed by atoms with Crippen LogP contribution in [0.3, 0.4) is 0 Å². The highest BCUT2D eigenvalue weighted by molar-refractivity contribution is 8.15. The standard InChI is InChI=1S/C29H29N3O5S/c1-16(36-18-7-5-17(6-8-18)13-25-27(34)32-28(35)38-25)26-30-22-11-9-20(15-23(22)31-26)37-19-10-12-24(33)21(14-19)29(2,3)4/h5-12,14-16,25,33H,13H2,1-4H3,(H,30,31)(H,32,34,35). The lowest BCUT2D eigenvalue weighted by molar-refractivity contribution is -0.118. The number of thioether (sulfide) groups is 1. The number of ether oxygens (including phenoxy) is 2. The molecule has 1 fully saturated rings. The highest BCUT2D eigenvalue weighted by Gasteiger charge is 2.31. The molecule has 9 heteroatoms. The number of hydrogen-bond donors (Lipinski definition) is 3. The molecular formula is C29H29N3O5S. The average Bonchev–Trinajstić information content (AvgIpc) is 3.42. The first-order chi connectivity index (χ1) is 18.0. The van der Waals surface area contributed by atoms with Crippen LogP contribution in [0.5, 0.6) is 23.0 Å². The van der Waals surface area contributed by atoms with E-state index in [2.05, 4.69) is 15.3 Å². The van der Waals surface area contributed by atoms with Crippen LogP contribution in [0.15, 0.2) is 60.7 Å². The van der Waals surface area contributed by atoms with Crippen molar-refractivity contribution in [3.8, 4) is 23.0 Å². The minimum atomic E-state index is -0.396. The number of benzene rings is 3. The normalized spacial score (nSPS) is 16.5. The molecule has 0 bridgehead atoms. The molecule has 3 aromatic carbocycles. The number of carbonyl (C=O) groups excluding carboxylic acids is 2. The average molecular weight is 532 g/mol. The van der Waals surface area contributed by atoms with E-state index in [0.29, 0.717) is 29.5 Å². The van der Waals surface area contributed by atoms with E-state index in [1.54, 1.807) is 12.1 Å². The van der Waals surface area contributed by atoms with Gasteiger partial charge >= 0.3 is 0 Å². The third kappa shape index (κ3) is 5.62. The van der Waals surface area contributed by atoms with Crippen LogP contribution >= 0.6 is 11.8 Å². The number of H-pyrrole nitrogens is 1. The van der Waals surface area contributed by atoms with Crippen molar-refractivity contribution in [2.75, 3.05) is 0 Å². The summed E-state index contributed by atoms with van der Waals surface area (Å²) in [5, 5.41) is 11.8. The summed E-state index contributed by atoms with van der Waals surface area (Å²) in [7, 11) is 0. The van der Waals surface area contributed by atoms with Gasteiger partial charge in [0.25, 0.3) is 5.24 Å². The molecule has 1 aliphatic heterocycles. The van der Waals surface area contributed by atoms with Crippen molar-refractivity contribution < 1.29 is 24.2 Å². The number of phenols is 1. The van der Waals surface area contributed by atoms with Gasteiger partial charge in [-0.05, 0) is 66.8 Å². The van der Waals surface area contributed by atoms with Crippen LogP contribution in [-0.4, -0.2) is 31.5 Å². The lowest BCUT2D eigenvalue weighted by atomic mass is 9.86. The van der Waals surface area contributed by atoms with Crippen molar-refractivity contribution in [3.05, 3.63) is 77.6 Å². The Labute approximate surface area is 224 Å². The SMILES string of the molecule is CC(Oc1ccc(CC2SC(=O)NC2=O)cc1)c1nc2ccc(Oc3ccc(O)c(C(C)(C)C)c3)cc2[nH]1. The number of imidazole rings is 1. The first-order valence-corrected chi connectivity index (χ1v) is 13.2. The number of carbonyl (C=O) groups is 2. The Kier molecular flexibility index (Phi) is 6.79. The Balaban J connectivity index is 1.25. The Bertz CT molecular complexity index is 1510. The van der Waals surface area contributed by atoms with E-state index in [4.69, 9.17) is 9.47 Å². The predicted molar refractivity (Wildman–Crippen MR) is 147 cm³/mol. The van der Waals surface area contributed by atoms with Crippen LogP contribution in [0, 0.1) is 0 Å². The molecule has 1 aromatic heterocycles. The summed E-state index contributed by atoms with van der Waals surface area (Å²) in [5.74, 6) is 2.65. The molecule has 8 nitrogen and oxygen atoms in total. The number of amides is 2. The molecule has 0 radical (unpaired) electrons. The van der Waals surface area contributed by atoms with Gasteiger partial charge in [0, 0.05) is 11.6 Å². The molecule has 0 saturated carbocycles. The molecule has 0 aliphatic carbocycles. The van der Waals surface area contributed by atoms with Gasteiger partial charge in [0.05, 0.1) is 16.3 Å². The summed E-state index contributed by atoms with van der Waals surface area (Å²) in [6, 6.07) is 18.4. The topological polar surface area (TPSA) is 114 Å². The third-order valence-electron chi connectivity index (χ3n) is 6.29. The number of nitrogens with one attached hydrogen (secondary N) is 2. The summed E-state index contributed by atoms with van der Waals surface area (Å²) in [4.78, 5) is 31.2. The second-order valence-electron chi connectivity index (χ2n) is 10.3. The number of hydrogen-bond acceptors (Lipinski definition) is 7. The van der Waals surface area contributed by atoms with Crippen LogP contribution < -0.4 is 14.8 Å². The summed E-state index contributed by atoms with van der Waals surface area (Å²) in [6.45, 7) is 8.04. The summed E-state index contributed by atoms with van der Waals surface area (Å²) < 4.78 is 12.2. The van der Waals surface area contributed by atoms with Crippen LogP contribution in [0.1, 0.15) is 50.8 Å². The third-order valence-corrected chi connectivity index (χ3v) is 7.27. The first-order valence-electron chi connectivity index (χ1n) is 12.3. The maximum atomic E-state index is 11.8. The monoisotopic (exact) mass is 531 g/mol. The molecule has 0 spiro atoms. The van der Waals surface area contributed by atoms with Gasteiger partial charge in [-0.3, -0.25) is 14.9 Å². The molecule has 2 unspecified atom stereocenters. The van der Waals surface area contributed by atoms with E-state index in [1.165, 1.54) is 0 Å². The molecule has 2 heterocycles. The summed E-state index contributed by atoms with van der Waals surface area (Å²) in [5.41, 5.74) is 3.17. The second-order valence-corrected chi connectivity index (χ2v) is 11.5. The van der Waals surface area contributed by atoms with E-state index in [-0.39, 0.29) is 28.4 Å². The molecule has 38 heavy (non-hydrogen) atoms. The smallest absolute Gasteiger partial charge is 0.286 e. The number of aromatic amines is 1. The zero-order valence-electron chi connectivity index (χ0n) is 21.6. The zero-order valence-corrected chi connectivity index (χ0v) is 22.4. The first kappa shape index (κ1) is 25.7. The van der Waals surface area contributed by atoms with E-state index >= 15 is 0 Å². The van der Waals surface area contributed by atoms with Gasteiger partial charge in [0.2, 0.25) is 5.91 Å². The minimum absolute atomic E-state index is 0.214. The highest BCUT2D eigenvalue weighted by Crippen LogP contribution is 2.35. The largest absolute Gasteiger partial charge is 0.508 e. The number of aromatic hydroxyl groups is 1. The van der Waals surface area contributed by atoms with Gasteiger partial charge in [-0.15, -0.1) is 0 Å². The van der Waals surface area contributed by atoms with Crippen molar-refractivity contribution in [1.29, 1.82) is 0 Å². The fourth-order valence-electron chi connectivity index (χ4n) is 4.29. The summed E-state index contributed by atoms with van der Waals surface area (Å²) >= 11 is 1.02. The lowest BCUT2D eigenvalue weighted by Crippen LogP contribution is -2.25. The molecule has 1 aliphatic rings. The quantitative estimate of drug-likeness (QED) is 0.253. The van der Waals surface area contributed by atoms with Gasteiger partial charge in [0.15, 0.2) is 6.10 Å². The van der Waals surface area contributed by atoms with Crippen molar-refractivity contribution >= 4 is 33.9 Å². The second kappa shape index (κ2) is 10.1. The fraction of sp³-hybridized carbons (Fsp3) is 0.276. The molecule has 196 valence electrons. The van der Waals surface area contributed by atoms with Crippen molar-refractivity contribution in [1.82, 2.24) is 15.3 Å². The zero-order chi connectivity index (χ0) is 27.0. The van der Waals surface area contributed by atoms with Crippen molar-refractivity contribution in [2.24, 2.45) is 0 Å². The molecule has 2 atom stereocenters. The van der Waals surface area contributed by atoms with Crippen LogP contribution in [0.2, 0.25) is 0 Å². The maximum absolute atomic E-state index is 11.8. The Morgan fingerprint density at radius 1 is 1.00 bits per heavy atom. The Morgan fingerprint density at radius 2 is 1.68 bits per heavy atom. The van der Waals surface area contributed by atoms with Gasteiger partial charge in [-0.25, -0.2) is 4.98 Å². The van der Waals surface area contributed by atoms with E-state index < -0.39 is 5.25 Å². The van der Waals surface area contributed by atoms with Crippen LogP contribution in [-0.2, 0) is 16.6 Å². The fourth-order valence-corrected chi connectivity index (χ4v) is 5.15. The maximum Gasteiger partial charge on any atom is 0.286 e. The lowest BCUT2D eigenvalue weighted by Gasteiger charge is -2.21. The Morgan fingerprint density at radius 3 is 2.37 bits per heavy atom. The molecule has 5 rings (SSSR count). The minimum Gasteiger partial charge on any atom is -0.508 e. The van der Waals surface area contributed by atoms with E-state index in [0.717, 1.165) is 33.9 Å². The van der Waals surface area contributed by atoms with Crippen molar-refractivity contribution in [2.45, 2.75) is 50.9 Å².